The largest absolute Gasteiger partial charge is 0.384 e. The normalized spacial score (nSPS) is 13.4. The fourth-order valence-corrected chi connectivity index (χ4v) is 1.42. The van der Waals surface area contributed by atoms with E-state index < -0.39 is 5.60 Å². The molecule has 1 aromatic heterocycles. The first-order chi connectivity index (χ1) is 8.32. The maximum atomic E-state index is 11.6. The molecule has 0 aliphatic rings. The lowest BCUT2D eigenvalue weighted by atomic mass is 10.1. The number of hydrogen-bond acceptors (Lipinski definition) is 5. The average molecular weight is 256 g/mol. The zero-order valence-corrected chi connectivity index (χ0v) is 11.2. The number of methoxy groups -OCH3 is 1. The molecule has 0 spiro atoms. The standard InChI is InChI=1S/C11H20N4O3/c1-8(7-18-4)12-10(16)6-15-5-9(13-14-15)11(2,3)17/h5,8,17H,6-7H2,1-4H3,(H,12,16). The lowest BCUT2D eigenvalue weighted by molar-refractivity contribution is -0.122. The van der Waals surface area contributed by atoms with Crippen LogP contribution < -0.4 is 5.32 Å². The van der Waals surface area contributed by atoms with Gasteiger partial charge in [-0.05, 0) is 20.8 Å². The molecule has 0 aliphatic heterocycles. The molecule has 18 heavy (non-hydrogen) atoms. The van der Waals surface area contributed by atoms with Gasteiger partial charge in [-0.2, -0.15) is 0 Å². The summed E-state index contributed by atoms with van der Waals surface area (Å²) < 4.78 is 6.31. The third-order valence-electron chi connectivity index (χ3n) is 2.30. The molecule has 1 heterocycles. The molecule has 1 rings (SSSR count). The van der Waals surface area contributed by atoms with Crippen molar-refractivity contribution < 1.29 is 14.6 Å². The van der Waals surface area contributed by atoms with Crippen LogP contribution in [0.15, 0.2) is 6.20 Å². The SMILES string of the molecule is COCC(C)NC(=O)Cn1cc(C(C)(C)O)nn1. The van der Waals surface area contributed by atoms with Crippen LogP contribution in [0.25, 0.3) is 0 Å². The average Bonchev–Trinajstić information content (AvgIpc) is 2.65. The summed E-state index contributed by atoms with van der Waals surface area (Å²) in [5, 5.41) is 20.1. The van der Waals surface area contributed by atoms with E-state index in [1.54, 1.807) is 27.2 Å². The summed E-state index contributed by atoms with van der Waals surface area (Å²) in [4.78, 5) is 11.6. The fourth-order valence-electron chi connectivity index (χ4n) is 1.42. The van der Waals surface area contributed by atoms with Crippen LogP contribution in [-0.4, -0.2) is 45.8 Å². The number of ether oxygens (including phenoxy) is 1. The highest BCUT2D eigenvalue weighted by Crippen LogP contribution is 2.15. The molecule has 0 saturated carbocycles. The molecule has 0 radical (unpaired) electrons. The first-order valence-corrected chi connectivity index (χ1v) is 5.74. The number of hydrogen-bond donors (Lipinski definition) is 2. The minimum Gasteiger partial charge on any atom is -0.384 e. The Morgan fingerprint density at radius 3 is 2.83 bits per heavy atom. The number of amides is 1. The van der Waals surface area contributed by atoms with Crippen molar-refractivity contribution in [2.24, 2.45) is 0 Å². The third kappa shape index (κ3) is 4.42. The first-order valence-electron chi connectivity index (χ1n) is 5.74. The zero-order valence-electron chi connectivity index (χ0n) is 11.2. The van der Waals surface area contributed by atoms with Gasteiger partial charge < -0.3 is 15.2 Å². The lowest BCUT2D eigenvalue weighted by Crippen LogP contribution is -2.37. The molecule has 7 nitrogen and oxygen atoms in total. The van der Waals surface area contributed by atoms with Crippen molar-refractivity contribution >= 4 is 5.91 Å². The number of carbonyl (C=O) groups excluding carboxylic acids is 1. The molecule has 0 fully saturated rings. The van der Waals surface area contributed by atoms with Gasteiger partial charge in [0.15, 0.2) is 0 Å². The Hall–Kier alpha value is -1.47. The molecule has 1 amide bonds. The maximum absolute atomic E-state index is 11.6. The van der Waals surface area contributed by atoms with E-state index in [0.29, 0.717) is 12.3 Å². The smallest absolute Gasteiger partial charge is 0.242 e. The van der Waals surface area contributed by atoms with Gasteiger partial charge in [-0.3, -0.25) is 4.79 Å². The molecule has 7 heteroatoms. The maximum Gasteiger partial charge on any atom is 0.242 e. The van der Waals surface area contributed by atoms with Gasteiger partial charge in [-0.25, -0.2) is 4.68 Å². The van der Waals surface area contributed by atoms with E-state index in [1.165, 1.54) is 4.68 Å². The van der Waals surface area contributed by atoms with Crippen LogP contribution in [0.3, 0.4) is 0 Å². The number of carbonyl (C=O) groups is 1. The quantitative estimate of drug-likeness (QED) is 0.726. The van der Waals surface area contributed by atoms with Gasteiger partial charge >= 0.3 is 0 Å². The molecular formula is C11H20N4O3. The number of nitrogens with zero attached hydrogens (tertiary/aromatic N) is 3. The van der Waals surface area contributed by atoms with E-state index in [0.717, 1.165) is 0 Å². The summed E-state index contributed by atoms with van der Waals surface area (Å²) in [6.45, 7) is 5.60. The second-order valence-electron chi connectivity index (χ2n) is 4.78. The van der Waals surface area contributed by atoms with Crippen LogP contribution in [0.1, 0.15) is 26.5 Å². The van der Waals surface area contributed by atoms with Crippen molar-refractivity contribution in [1.82, 2.24) is 20.3 Å². The summed E-state index contributed by atoms with van der Waals surface area (Å²) in [6.07, 6.45) is 1.56. The van der Waals surface area contributed by atoms with Gasteiger partial charge in [-0.1, -0.05) is 5.21 Å². The van der Waals surface area contributed by atoms with Crippen LogP contribution >= 0.6 is 0 Å². The third-order valence-corrected chi connectivity index (χ3v) is 2.30. The van der Waals surface area contributed by atoms with Crippen molar-refractivity contribution in [1.29, 1.82) is 0 Å². The summed E-state index contributed by atoms with van der Waals surface area (Å²) in [5.41, 5.74) is -0.627. The van der Waals surface area contributed by atoms with E-state index in [2.05, 4.69) is 15.6 Å². The monoisotopic (exact) mass is 256 g/mol. The first kappa shape index (κ1) is 14.6. The summed E-state index contributed by atoms with van der Waals surface area (Å²) in [6, 6.07) is -0.0558. The Bertz CT molecular complexity index is 397. The van der Waals surface area contributed by atoms with E-state index >= 15 is 0 Å². The highest BCUT2D eigenvalue weighted by atomic mass is 16.5. The van der Waals surface area contributed by atoms with Gasteiger partial charge in [0.2, 0.25) is 5.91 Å². The highest BCUT2D eigenvalue weighted by Gasteiger charge is 2.20. The topological polar surface area (TPSA) is 89.3 Å². The molecule has 1 aromatic rings. The van der Waals surface area contributed by atoms with Crippen LogP contribution in [-0.2, 0) is 21.7 Å². The number of nitrogens with one attached hydrogen (secondary N) is 1. The number of rotatable bonds is 6. The van der Waals surface area contributed by atoms with Gasteiger partial charge in [0, 0.05) is 13.2 Å². The second kappa shape index (κ2) is 5.92. The Kier molecular flexibility index (Phi) is 4.80. The molecule has 0 aromatic carbocycles. The Labute approximate surface area is 106 Å². The Balaban J connectivity index is 2.52. The van der Waals surface area contributed by atoms with E-state index in [9.17, 15) is 9.90 Å². The fraction of sp³-hybridized carbons (Fsp3) is 0.727. The molecular weight excluding hydrogens is 236 g/mol. The molecule has 0 saturated heterocycles. The minimum atomic E-state index is -1.06. The molecule has 0 aliphatic carbocycles. The van der Waals surface area contributed by atoms with Crippen molar-refractivity contribution in [2.75, 3.05) is 13.7 Å². The van der Waals surface area contributed by atoms with Crippen LogP contribution in [0.2, 0.25) is 0 Å². The minimum absolute atomic E-state index is 0.0558. The second-order valence-corrected chi connectivity index (χ2v) is 4.78. The molecule has 1 atom stereocenters. The lowest BCUT2D eigenvalue weighted by Gasteiger charge is -2.13. The number of aromatic nitrogens is 3. The Morgan fingerprint density at radius 2 is 2.33 bits per heavy atom. The van der Waals surface area contributed by atoms with E-state index in [1.807, 2.05) is 6.92 Å². The van der Waals surface area contributed by atoms with Crippen LogP contribution in [0.5, 0.6) is 0 Å². The predicted molar refractivity (Wildman–Crippen MR) is 64.7 cm³/mol. The van der Waals surface area contributed by atoms with Gasteiger partial charge in [-0.15, -0.1) is 5.10 Å². The van der Waals surface area contributed by atoms with Gasteiger partial charge in [0.25, 0.3) is 0 Å². The van der Waals surface area contributed by atoms with Crippen molar-refractivity contribution in [2.45, 2.75) is 39.0 Å². The number of aliphatic hydroxyl groups is 1. The predicted octanol–water partition coefficient (Wildman–Crippen LogP) is -0.343. The summed E-state index contributed by atoms with van der Waals surface area (Å²) in [5.74, 6) is -0.174. The van der Waals surface area contributed by atoms with Crippen LogP contribution in [0.4, 0.5) is 0 Å². The van der Waals surface area contributed by atoms with Crippen LogP contribution in [0, 0.1) is 0 Å². The van der Waals surface area contributed by atoms with Gasteiger partial charge in [0.1, 0.15) is 17.8 Å². The van der Waals surface area contributed by atoms with Crippen molar-refractivity contribution in [3.05, 3.63) is 11.9 Å². The van der Waals surface area contributed by atoms with Crippen molar-refractivity contribution in [3.8, 4) is 0 Å². The Morgan fingerprint density at radius 1 is 1.67 bits per heavy atom. The van der Waals surface area contributed by atoms with Crippen molar-refractivity contribution in [3.63, 3.8) is 0 Å². The molecule has 102 valence electrons. The van der Waals surface area contributed by atoms with Gasteiger partial charge in [0.05, 0.1) is 12.8 Å². The van der Waals surface area contributed by atoms with E-state index in [-0.39, 0.29) is 18.5 Å². The summed E-state index contributed by atoms with van der Waals surface area (Å²) in [7, 11) is 1.58. The molecule has 1 unspecified atom stereocenters. The van der Waals surface area contributed by atoms with E-state index in [4.69, 9.17) is 4.74 Å². The molecule has 2 N–H and O–H groups in total. The summed E-state index contributed by atoms with van der Waals surface area (Å²) >= 11 is 0. The highest BCUT2D eigenvalue weighted by molar-refractivity contribution is 5.75. The molecule has 0 bridgehead atoms. The zero-order chi connectivity index (χ0) is 13.8.